The number of hydrogen-bond acceptors (Lipinski definition) is 5. The predicted octanol–water partition coefficient (Wildman–Crippen LogP) is 6.81. The average molecular weight is 525 g/mol. The lowest BCUT2D eigenvalue weighted by Crippen LogP contribution is -2.43. The number of urea groups is 1. The summed E-state index contributed by atoms with van der Waals surface area (Å²) in [6.45, 7) is 1.09. The fourth-order valence-electron chi connectivity index (χ4n) is 5.26. The van der Waals surface area contributed by atoms with Gasteiger partial charge in [-0.2, -0.15) is 0 Å². The van der Waals surface area contributed by atoms with Gasteiger partial charge in [0.05, 0.1) is 16.6 Å². The zero-order chi connectivity index (χ0) is 25.8. The number of aromatic nitrogens is 1. The highest BCUT2D eigenvalue weighted by Gasteiger charge is 2.33. The van der Waals surface area contributed by atoms with Crippen LogP contribution in [-0.4, -0.2) is 35.1 Å². The number of amides is 3. The second-order valence-corrected chi connectivity index (χ2v) is 10.1. The molecule has 2 aliphatic rings. The van der Waals surface area contributed by atoms with Gasteiger partial charge < -0.3 is 15.2 Å². The molecule has 1 unspecified atom stereocenters. The summed E-state index contributed by atoms with van der Waals surface area (Å²) in [5.41, 5.74) is 0.797. The van der Waals surface area contributed by atoms with Gasteiger partial charge in [-0.1, -0.05) is 60.3 Å². The number of nitrogens with one attached hydrogen (secondary N) is 2. The van der Waals surface area contributed by atoms with Crippen molar-refractivity contribution in [2.24, 2.45) is 5.92 Å². The summed E-state index contributed by atoms with van der Waals surface area (Å²) in [6, 6.07) is 12.3. The molecule has 194 valence electrons. The van der Waals surface area contributed by atoms with Crippen molar-refractivity contribution in [1.29, 1.82) is 0 Å². The van der Waals surface area contributed by atoms with Gasteiger partial charge in [0.15, 0.2) is 5.76 Å². The molecule has 3 amide bonds. The largest absolute Gasteiger partial charge is 0.357 e. The van der Waals surface area contributed by atoms with Gasteiger partial charge in [-0.05, 0) is 62.4 Å². The Balaban J connectivity index is 1.51. The molecular weight excluding hydrogens is 495 g/mol. The average Bonchev–Trinajstić information content (AvgIpc) is 3.58. The number of anilines is 1. The van der Waals surface area contributed by atoms with Crippen molar-refractivity contribution in [2.75, 3.05) is 18.4 Å². The van der Waals surface area contributed by atoms with Crippen LogP contribution in [0.25, 0.3) is 11.3 Å². The Kier molecular flexibility index (Phi) is 7.86. The molecule has 1 saturated carbocycles. The maximum Gasteiger partial charge on any atom is 0.328 e. The summed E-state index contributed by atoms with van der Waals surface area (Å²) in [5, 5.41) is 10.5. The van der Waals surface area contributed by atoms with E-state index in [1.54, 1.807) is 30.3 Å². The number of halogens is 2. The minimum atomic E-state index is -0.601. The van der Waals surface area contributed by atoms with E-state index >= 15 is 0 Å². The van der Waals surface area contributed by atoms with E-state index in [2.05, 4.69) is 15.8 Å². The van der Waals surface area contributed by atoms with Crippen LogP contribution in [0.1, 0.15) is 67.1 Å². The first-order valence-corrected chi connectivity index (χ1v) is 13.3. The van der Waals surface area contributed by atoms with Crippen molar-refractivity contribution in [3.05, 3.63) is 70.7 Å². The summed E-state index contributed by atoms with van der Waals surface area (Å²) in [6.07, 6.45) is 6.96. The van der Waals surface area contributed by atoms with Gasteiger partial charge in [0.2, 0.25) is 0 Å². The molecule has 1 saturated heterocycles. The molecule has 3 aromatic rings. The predicted molar refractivity (Wildman–Crippen MR) is 140 cm³/mol. The highest BCUT2D eigenvalue weighted by molar-refractivity contribution is 6.33. The van der Waals surface area contributed by atoms with E-state index in [1.165, 1.54) is 23.5 Å². The molecule has 1 aliphatic carbocycles. The monoisotopic (exact) mass is 524 g/mol. The molecule has 2 aromatic carbocycles. The molecule has 37 heavy (non-hydrogen) atoms. The van der Waals surface area contributed by atoms with Crippen LogP contribution in [0.2, 0.25) is 5.02 Å². The van der Waals surface area contributed by atoms with Crippen LogP contribution in [-0.2, 0) is 0 Å². The minimum Gasteiger partial charge on any atom is -0.357 e. The maximum atomic E-state index is 14.9. The van der Waals surface area contributed by atoms with Crippen LogP contribution in [0.15, 0.2) is 53.1 Å². The van der Waals surface area contributed by atoms with Crippen LogP contribution in [0.4, 0.5) is 14.9 Å². The van der Waals surface area contributed by atoms with Crippen molar-refractivity contribution in [2.45, 2.75) is 51.0 Å². The number of rotatable bonds is 6. The summed E-state index contributed by atoms with van der Waals surface area (Å²) in [5.74, 6) is -0.344. The third-order valence-corrected chi connectivity index (χ3v) is 7.52. The van der Waals surface area contributed by atoms with Crippen molar-refractivity contribution >= 4 is 29.2 Å². The smallest absolute Gasteiger partial charge is 0.328 e. The van der Waals surface area contributed by atoms with Crippen LogP contribution in [0, 0.1) is 11.7 Å². The molecule has 1 aliphatic heterocycles. The summed E-state index contributed by atoms with van der Waals surface area (Å²) in [4.78, 5) is 28.6. The molecule has 1 aromatic heterocycles. The van der Waals surface area contributed by atoms with Gasteiger partial charge in [-0.15, -0.1) is 0 Å². The Morgan fingerprint density at radius 1 is 1.05 bits per heavy atom. The van der Waals surface area contributed by atoms with Crippen molar-refractivity contribution in [3.63, 3.8) is 0 Å². The van der Waals surface area contributed by atoms with E-state index in [1.807, 2.05) is 6.07 Å². The lowest BCUT2D eigenvalue weighted by molar-refractivity contribution is 0.0780. The fourth-order valence-corrected chi connectivity index (χ4v) is 5.51. The number of benzene rings is 2. The van der Waals surface area contributed by atoms with Crippen molar-refractivity contribution < 1.29 is 18.5 Å². The summed E-state index contributed by atoms with van der Waals surface area (Å²) < 4.78 is 20.6. The molecule has 1 atom stereocenters. The molecule has 0 spiro atoms. The maximum absolute atomic E-state index is 14.9. The normalized spacial score (nSPS) is 18.1. The van der Waals surface area contributed by atoms with E-state index in [0.717, 1.165) is 45.1 Å². The van der Waals surface area contributed by atoms with Crippen LogP contribution < -0.4 is 10.6 Å². The highest BCUT2D eigenvalue weighted by Crippen LogP contribution is 2.40. The van der Waals surface area contributed by atoms with Gasteiger partial charge >= 0.3 is 6.03 Å². The van der Waals surface area contributed by atoms with Crippen molar-refractivity contribution in [3.8, 4) is 11.3 Å². The fraction of sp³-hybridized carbons (Fsp3) is 0.393. The Hall–Kier alpha value is -3.23. The molecular formula is C28H30ClFN4O3. The molecule has 5 rings (SSSR count). The van der Waals surface area contributed by atoms with Crippen LogP contribution >= 0.6 is 11.6 Å². The van der Waals surface area contributed by atoms with Crippen LogP contribution in [0.5, 0.6) is 0 Å². The van der Waals surface area contributed by atoms with E-state index in [9.17, 15) is 14.0 Å². The standard InChI is InChI=1S/C28H30ClFN4O3/c29-20-13-7-14-21(30)23(20)24-25(26(37-33-24)22-15-8-16-31-22)32-28(36)34(17-18-9-3-1-4-10-18)27(35)19-11-5-2-6-12-19/h2,5-7,11-14,18,22,31H,1,3-4,8-10,15-17H2,(H,32,36). The molecule has 7 nitrogen and oxygen atoms in total. The van der Waals surface area contributed by atoms with Gasteiger partial charge in [0.25, 0.3) is 5.91 Å². The third-order valence-electron chi connectivity index (χ3n) is 7.20. The van der Waals surface area contributed by atoms with Gasteiger partial charge in [0.1, 0.15) is 17.2 Å². The number of nitrogens with zero attached hydrogens (tertiary/aromatic N) is 2. The molecule has 0 radical (unpaired) electrons. The Labute approximate surface area is 220 Å². The topological polar surface area (TPSA) is 87.5 Å². The lowest BCUT2D eigenvalue weighted by atomic mass is 9.89. The first-order chi connectivity index (χ1) is 18.0. The van der Waals surface area contributed by atoms with E-state index in [-0.39, 0.29) is 39.8 Å². The van der Waals surface area contributed by atoms with Crippen molar-refractivity contribution in [1.82, 2.24) is 15.4 Å². The second kappa shape index (κ2) is 11.4. The summed E-state index contributed by atoms with van der Waals surface area (Å²) in [7, 11) is 0. The molecule has 2 heterocycles. The quantitative estimate of drug-likeness (QED) is 0.369. The molecule has 2 N–H and O–H groups in total. The van der Waals surface area contributed by atoms with E-state index < -0.39 is 11.8 Å². The molecule has 9 heteroatoms. The molecule has 0 bridgehead atoms. The number of imide groups is 1. The van der Waals surface area contributed by atoms with Gasteiger partial charge in [0, 0.05) is 12.1 Å². The first kappa shape index (κ1) is 25.4. The number of carbonyl (C=O) groups excluding carboxylic acids is 2. The van der Waals surface area contributed by atoms with E-state index in [0.29, 0.717) is 17.9 Å². The number of carbonyl (C=O) groups is 2. The zero-order valence-corrected chi connectivity index (χ0v) is 21.3. The SMILES string of the molecule is O=C(Nc1c(-c2c(F)cccc2Cl)noc1C1CCCN1)N(CC1CCCCC1)C(=O)c1ccccc1. The van der Waals surface area contributed by atoms with Gasteiger partial charge in [-0.3, -0.25) is 9.69 Å². The Morgan fingerprint density at radius 3 is 2.54 bits per heavy atom. The summed E-state index contributed by atoms with van der Waals surface area (Å²) >= 11 is 6.35. The first-order valence-electron chi connectivity index (χ1n) is 12.9. The highest BCUT2D eigenvalue weighted by atomic mass is 35.5. The third kappa shape index (κ3) is 5.55. The molecule has 2 fully saturated rings. The number of hydrogen-bond donors (Lipinski definition) is 2. The van der Waals surface area contributed by atoms with Gasteiger partial charge in [-0.25, -0.2) is 9.18 Å². The lowest BCUT2D eigenvalue weighted by Gasteiger charge is -2.29. The second-order valence-electron chi connectivity index (χ2n) is 9.73. The zero-order valence-electron chi connectivity index (χ0n) is 20.5. The van der Waals surface area contributed by atoms with E-state index in [4.69, 9.17) is 16.1 Å². The Bertz CT molecular complexity index is 1230. The Morgan fingerprint density at radius 2 is 1.84 bits per heavy atom. The minimum absolute atomic E-state index is 0.0423. The van der Waals surface area contributed by atoms with Crippen LogP contribution in [0.3, 0.4) is 0 Å².